The quantitative estimate of drug-likeness (QED) is 0.884. The molecular weight excluding hydrogens is 308 g/mol. The number of rotatable bonds is 5. The van der Waals surface area contributed by atoms with Crippen LogP contribution in [0, 0.1) is 5.92 Å². The molecule has 2 N–H and O–H groups in total. The molecule has 2 aromatic rings. The van der Waals surface area contributed by atoms with Crippen molar-refractivity contribution in [1.29, 1.82) is 0 Å². The molecule has 23 heavy (non-hydrogen) atoms. The summed E-state index contributed by atoms with van der Waals surface area (Å²) in [5, 5.41) is 7.80. The van der Waals surface area contributed by atoms with Crippen molar-refractivity contribution in [1.82, 2.24) is 20.5 Å². The van der Waals surface area contributed by atoms with Gasteiger partial charge in [0.25, 0.3) is 0 Å². The minimum atomic E-state index is -0.126. The number of aromatic nitrogens is 1. The second-order valence-corrected chi connectivity index (χ2v) is 6.76. The van der Waals surface area contributed by atoms with E-state index in [0.29, 0.717) is 24.9 Å². The first kappa shape index (κ1) is 16.0. The summed E-state index contributed by atoms with van der Waals surface area (Å²) in [6.45, 7) is 3.21. The fourth-order valence-electron chi connectivity index (χ4n) is 3.15. The minimum absolute atomic E-state index is 0.126. The van der Waals surface area contributed by atoms with Crippen LogP contribution < -0.4 is 10.6 Å². The summed E-state index contributed by atoms with van der Waals surface area (Å²) >= 11 is 1.53. The highest BCUT2D eigenvalue weighted by Gasteiger charge is 2.31. The summed E-state index contributed by atoms with van der Waals surface area (Å²) in [5.74, 6) is 0.910. The molecule has 1 aliphatic rings. The zero-order valence-corrected chi connectivity index (χ0v) is 14.1. The topological polar surface area (TPSA) is 57.3 Å². The molecular formula is C17H22N4OS. The van der Waals surface area contributed by atoms with Crippen LogP contribution in [0.2, 0.25) is 0 Å². The molecule has 1 fully saturated rings. The maximum absolute atomic E-state index is 12.0. The summed E-state index contributed by atoms with van der Waals surface area (Å²) in [6.07, 6.45) is 0. The highest BCUT2D eigenvalue weighted by molar-refractivity contribution is 7.07. The fourth-order valence-corrected chi connectivity index (χ4v) is 3.71. The summed E-state index contributed by atoms with van der Waals surface area (Å²) in [5.41, 5.74) is 4.02. The van der Waals surface area contributed by atoms with E-state index in [2.05, 4.69) is 51.8 Å². The first-order valence-electron chi connectivity index (χ1n) is 7.84. The Hall–Kier alpha value is -1.92. The van der Waals surface area contributed by atoms with Crippen molar-refractivity contribution >= 4 is 17.4 Å². The number of urea groups is 1. The Labute approximate surface area is 140 Å². The van der Waals surface area contributed by atoms with E-state index in [0.717, 1.165) is 18.8 Å². The van der Waals surface area contributed by atoms with Gasteiger partial charge in [0, 0.05) is 30.9 Å². The number of benzene rings is 1. The van der Waals surface area contributed by atoms with Crippen molar-refractivity contribution in [3.63, 3.8) is 0 Å². The zero-order chi connectivity index (χ0) is 16.1. The number of amides is 2. The van der Waals surface area contributed by atoms with Crippen molar-refractivity contribution < 1.29 is 4.79 Å². The number of hydrogen-bond donors (Lipinski definition) is 2. The van der Waals surface area contributed by atoms with Crippen molar-refractivity contribution in [2.75, 3.05) is 26.7 Å². The van der Waals surface area contributed by atoms with E-state index in [-0.39, 0.29) is 6.03 Å². The Morgan fingerprint density at radius 2 is 2.13 bits per heavy atom. The summed E-state index contributed by atoms with van der Waals surface area (Å²) in [7, 11) is 2.14. The van der Waals surface area contributed by atoms with Crippen molar-refractivity contribution in [2.24, 2.45) is 5.92 Å². The number of nitrogens with one attached hydrogen (secondary N) is 2. The van der Waals surface area contributed by atoms with Crippen molar-refractivity contribution in [3.05, 3.63) is 52.5 Å². The molecule has 6 heteroatoms. The van der Waals surface area contributed by atoms with E-state index in [9.17, 15) is 4.79 Å². The Morgan fingerprint density at radius 1 is 1.30 bits per heavy atom. The average molecular weight is 330 g/mol. The molecule has 0 bridgehead atoms. The Kier molecular flexibility index (Phi) is 5.25. The molecule has 2 heterocycles. The van der Waals surface area contributed by atoms with Gasteiger partial charge in [0.2, 0.25) is 0 Å². The smallest absolute Gasteiger partial charge is 0.315 e. The van der Waals surface area contributed by atoms with Crippen LogP contribution >= 0.6 is 11.3 Å². The first-order valence-corrected chi connectivity index (χ1v) is 8.79. The highest BCUT2D eigenvalue weighted by Crippen LogP contribution is 2.31. The molecule has 0 spiro atoms. The lowest BCUT2D eigenvalue weighted by atomic mass is 9.89. The molecule has 122 valence electrons. The Morgan fingerprint density at radius 3 is 2.87 bits per heavy atom. The monoisotopic (exact) mass is 330 g/mol. The third-order valence-electron chi connectivity index (χ3n) is 4.29. The molecule has 1 saturated heterocycles. The normalized spacial score (nSPS) is 21.3. The largest absolute Gasteiger partial charge is 0.338 e. The molecule has 5 nitrogen and oxygen atoms in total. The van der Waals surface area contributed by atoms with Crippen LogP contribution in [0.3, 0.4) is 0 Å². The molecule has 1 aromatic carbocycles. The number of carbonyl (C=O) groups excluding carboxylic acids is 1. The van der Waals surface area contributed by atoms with Crippen LogP contribution in [-0.2, 0) is 6.54 Å². The lowest BCUT2D eigenvalue weighted by molar-refractivity contribution is 0.238. The van der Waals surface area contributed by atoms with Crippen LogP contribution in [0.4, 0.5) is 4.79 Å². The van der Waals surface area contributed by atoms with E-state index < -0.39 is 0 Å². The summed E-state index contributed by atoms with van der Waals surface area (Å²) in [6, 6.07) is 10.4. The SMILES string of the molecule is CN1C[C@@H](CNC(=O)NCc2cscn2)[C@H](c2ccccc2)C1. The standard InChI is InChI=1S/C17H22N4OS/c1-21-9-14(16(10-21)13-5-3-2-4-6-13)7-18-17(22)19-8-15-11-23-12-20-15/h2-6,11-12,14,16H,7-10H2,1H3,(H2,18,19,22)/t14-,16+/m1/s1. The van der Waals surface area contributed by atoms with Gasteiger partial charge in [0.1, 0.15) is 0 Å². The predicted molar refractivity (Wildman–Crippen MR) is 92.5 cm³/mol. The maximum Gasteiger partial charge on any atom is 0.315 e. The number of hydrogen-bond acceptors (Lipinski definition) is 4. The summed E-state index contributed by atoms with van der Waals surface area (Å²) in [4.78, 5) is 18.4. The number of thiazole rings is 1. The molecule has 0 aliphatic carbocycles. The Balaban J connectivity index is 1.51. The van der Waals surface area contributed by atoms with E-state index in [1.807, 2.05) is 11.4 Å². The molecule has 0 radical (unpaired) electrons. The average Bonchev–Trinajstić information content (AvgIpc) is 3.21. The van der Waals surface area contributed by atoms with Gasteiger partial charge in [-0.15, -0.1) is 11.3 Å². The van der Waals surface area contributed by atoms with Gasteiger partial charge in [-0.25, -0.2) is 9.78 Å². The highest BCUT2D eigenvalue weighted by atomic mass is 32.1. The van der Waals surface area contributed by atoms with Gasteiger partial charge in [0.15, 0.2) is 0 Å². The predicted octanol–water partition coefficient (Wildman–Crippen LogP) is 2.29. The van der Waals surface area contributed by atoms with Gasteiger partial charge in [0.05, 0.1) is 17.7 Å². The van der Waals surface area contributed by atoms with E-state index in [1.165, 1.54) is 16.9 Å². The third-order valence-corrected chi connectivity index (χ3v) is 4.92. The number of likely N-dealkylation sites (tertiary alicyclic amines) is 1. The first-order chi connectivity index (χ1) is 11.2. The molecule has 1 aromatic heterocycles. The van der Waals surface area contributed by atoms with E-state index >= 15 is 0 Å². The second kappa shape index (κ2) is 7.57. The number of carbonyl (C=O) groups is 1. The molecule has 0 unspecified atom stereocenters. The van der Waals surface area contributed by atoms with Crippen molar-refractivity contribution in [3.8, 4) is 0 Å². The van der Waals surface area contributed by atoms with Gasteiger partial charge in [-0.3, -0.25) is 0 Å². The number of likely N-dealkylation sites (N-methyl/N-ethyl adjacent to an activating group) is 1. The van der Waals surface area contributed by atoms with Crippen LogP contribution in [0.15, 0.2) is 41.2 Å². The maximum atomic E-state index is 12.0. The molecule has 2 amide bonds. The van der Waals surface area contributed by atoms with Gasteiger partial charge in [-0.05, 0) is 18.5 Å². The van der Waals surface area contributed by atoms with Gasteiger partial charge in [-0.1, -0.05) is 30.3 Å². The van der Waals surface area contributed by atoms with E-state index in [4.69, 9.17) is 0 Å². The van der Waals surface area contributed by atoms with Crippen LogP contribution in [-0.4, -0.2) is 42.6 Å². The van der Waals surface area contributed by atoms with Gasteiger partial charge >= 0.3 is 6.03 Å². The number of nitrogens with zero attached hydrogens (tertiary/aromatic N) is 2. The minimum Gasteiger partial charge on any atom is -0.338 e. The van der Waals surface area contributed by atoms with Crippen molar-refractivity contribution in [2.45, 2.75) is 12.5 Å². The van der Waals surface area contributed by atoms with Crippen LogP contribution in [0.25, 0.3) is 0 Å². The summed E-state index contributed by atoms with van der Waals surface area (Å²) < 4.78 is 0. The Bertz CT molecular complexity index is 617. The zero-order valence-electron chi connectivity index (χ0n) is 13.2. The third kappa shape index (κ3) is 4.30. The molecule has 1 aliphatic heterocycles. The van der Waals surface area contributed by atoms with Gasteiger partial charge in [-0.2, -0.15) is 0 Å². The van der Waals surface area contributed by atoms with Crippen LogP contribution in [0.1, 0.15) is 17.2 Å². The van der Waals surface area contributed by atoms with Crippen LogP contribution in [0.5, 0.6) is 0 Å². The lowest BCUT2D eigenvalue weighted by Gasteiger charge is -2.19. The van der Waals surface area contributed by atoms with Gasteiger partial charge < -0.3 is 15.5 Å². The lowest BCUT2D eigenvalue weighted by Crippen LogP contribution is -2.39. The fraction of sp³-hybridized carbons (Fsp3) is 0.412. The molecule has 2 atom stereocenters. The molecule has 0 saturated carbocycles. The molecule has 3 rings (SSSR count). The van der Waals surface area contributed by atoms with E-state index in [1.54, 1.807) is 5.51 Å². The second-order valence-electron chi connectivity index (χ2n) is 6.04.